The number of hydrogen-bond acceptors (Lipinski definition) is 5. The quantitative estimate of drug-likeness (QED) is 0.732. The summed E-state index contributed by atoms with van der Waals surface area (Å²) in [6.07, 6.45) is 1.47. The standard InChI is InChI=1S/C21H20N4O3/c26-19(14-6-2-1-3-7-14)18-11-25(24-23-18)15-10-21(13-28-12-15)16-8-4-5-9-17(16)22-20(21)27/h1-9,11,15,19,26H,10,12-13H2,(H,22,27). The zero-order valence-electron chi connectivity index (χ0n) is 15.2. The van der Waals surface area contributed by atoms with Crippen molar-refractivity contribution in [3.63, 3.8) is 0 Å². The predicted molar refractivity (Wildman–Crippen MR) is 102 cm³/mol. The van der Waals surface area contributed by atoms with Crippen LogP contribution < -0.4 is 5.32 Å². The van der Waals surface area contributed by atoms with Crippen molar-refractivity contribution in [3.8, 4) is 0 Å². The minimum absolute atomic E-state index is 0.0388. The fraction of sp³-hybridized carbons (Fsp3) is 0.286. The third-order valence-electron chi connectivity index (χ3n) is 5.67. The van der Waals surface area contributed by atoms with Crippen LogP contribution in [0.4, 0.5) is 5.69 Å². The van der Waals surface area contributed by atoms with Gasteiger partial charge in [0, 0.05) is 5.69 Å². The molecule has 0 aliphatic carbocycles. The summed E-state index contributed by atoms with van der Waals surface area (Å²) in [5.74, 6) is -0.0388. The summed E-state index contributed by atoms with van der Waals surface area (Å²) in [4.78, 5) is 12.8. The normalized spacial score (nSPS) is 24.8. The largest absolute Gasteiger partial charge is 0.382 e. The van der Waals surface area contributed by atoms with E-state index in [0.29, 0.717) is 25.3 Å². The number of anilines is 1. The first-order valence-corrected chi connectivity index (χ1v) is 9.31. The van der Waals surface area contributed by atoms with E-state index in [1.54, 1.807) is 10.9 Å². The number of aliphatic hydroxyl groups is 1. The summed E-state index contributed by atoms with van der Waals surface area (Å²) < 4.78 is 7.55. The number of ether oxygens (including phenoxy) is 1. The molecule has 1 aromatic heterocycles. The minimum atomic E-state index is -0.844. The third kappa shape index (κ3) is 2.63. The minimum Gasteiger partial charge on any atom is -0.382 e. The number of carbonyl (C=O) groups excluding carboxylic acids is 1. The first kappa shape index (κ1) is 17.1. The van der Waals surface area contributed by atoms with Gasteiger partial charge in [0.2, 0.25) is 5.91 Å². The molecule has 1 spiro atoms. The van der Waals surface area contributed by atoms with E-state index in [1.165, 1.54) is 0 Å². The first-order chi connectivity index (χ1) is 13.7. The molecule has 7 nitrogen and oxygen atoms in total. The number of aromatic nitrogens is 3. The van der Waals surface area contributed by atoms with Crippen LogP contribution in [0.1, 0.15) is 35.4 Å². The summed E-state index contributed by atoms with van der Waals surface area (Å²) in [5.41, 5.74) is 2.32. The van der Waals surface area contributed by atoms with Gasteiger partial charge in [-0.15, -0.1) is 5.10 Å². The molecule has 142 valence electrons. The van der Waals surface area contributed by atoms with E-state index in [-0.39, 0.29) is 11.9 Å². The Labute approximate surface area is 162 Å². The molecular formula is C21H20N4O3. The maximum atomic E-state index is 12.8. The molecule has 2 N–H and O–H groups in total. The maximum absolute atomic E-state index is 12.8. The van der Waals surface area contributed by atoms with Crippen molar-refractivity contribution < 1.29 is 14.6 Å². The fourth-order valence-corrected chi connectivity index (χ4v) is 4.18. The van der Waals surface area contributed by atoms with Crippen LogP contribution in [-0.2, 0) is 14.9 Å². The predicted octanol–water partition coefficient (Wildman–Crippen LogP) is 2.21. The number of nitrogens with one attached hydrogen (secondary N) is 1. The SMILES string of the molecule is O=C1Nc2ccccc2C12COCC(n1cc(C(O)c3ccccc3)nn1)C2. The lowest BCUT2D eigenvalue weighted by molar-refractivity contribution is -0.127. The second kappa shape index (κ2) is 6.54. The summed E-state index contributed by atoms with van der Waals surface area (Å²) in [6, 6.07) is 16.9. The molecule has 28 heavy (non-hydrogen) atoms. The number of hydrogen-bond donors (Lipinski definition) is 2. The smallest absolute Gasteiger partial charge is 0.237 e. The topological polar surface area (TPSA) is 89.3 Å². The molecule has 3 unspecified atom stereocenters. The van der Waals surface area contributed by atoms with Gasteiger partial charge in [0.25, 0.3) is 0 Å². The number of carbonyl (C=O) groups is 1. The van der Waals surface area contributed by atoms with Gasteiger partial charge >= 0.3 is 0 Å². The monoisotopic (exact) mass is 376 g/mol. The Morgan fingerprint density at radius 1 is 1.18 bits per heavy atom. The molecule has 0 radical (unpaired) electrons. The van der Waals surface area contributed by atoms with Gasteiger partial charge in [-0.05, 0) is 23.6 Å². The van der Waals surface area contributed by atoms with Gasteiger partial charge in [-0.1, -0.05) is 53.7 Å². The van der Waals surface area contributed by atoms with E-state index >= 15 is 0 Å². The van der Waals surface area contributed by atoms with Gasteiger partial charge in [-0.2, -0.15) is 0 Å². The Bertz CT molecular complexity index is 1020. The van der Waals surface area contributed by atoms with Crippen LogP contribution >= 0.6 is 0 Å². The second-order valence-electron chi connectivity index (χ2n) is 7.39. The van der Waals surface area contributed by atoms with Crippen molar-refractivity contribution in [2.75, 3.05) is 18.5 Å². The van der Waals surface area contributed by atoms with Gasteiger partial charge in [-0.25, -0.2) is 4.68 Å². The second-order valence-corrected chi connectivity index (χ2v) is 7.39. The van der Waals surface area contributed by atoms with E-state index in [0.717, 1.165) is 16.8 Å². The van der Waals surface area contributed by atoms with E-state index < -0.39 is 11.5 Å². The summed E-state index contributed by atoms with van der Waals surface area (Å²) >= 11 is 0. The molecule has 2 aliphatic rings. The summed E-state index contributed by atoms with van der Waals surface area (Å²) in [5, 5.41) is 21.9. The fourth-order valence-electron chi connectivity index (χ4n) is 4.18. The van der Waals surface area contributed by atoms with E-state index in [2.05, 4.69) is 15.6 Å². The summed E-state index contributed by atoms with van der Waals surface area (Å²) in [7, 11) is 0. The lowest BCUT2D eigenvalue weighted by Crippen LogP contribution is -2.46. The van der Waals surface area contributed by atoms with Crippen molar-refractivity contribution in [2.45, 2.75) is 24.0 Å². The van der Waals surface area contributed by atoms with Gasteiger partial charge in [0.1, 0.15) is 17.2 Å². The van der Waals surface area contributed by atoms with Gasteiger partial charge in [0.05, 0.1) is 25.5 Å². The van der Waals surface area contributed by atoms with Gasteiger partial charge in [0.15, 0.2) is 0 Å². The molecule has 5 rings (SSSR count). The van der Waals surface area contributed by atoms with Crippen LogP contribution in [-0.4, -0.2) is 39.2 Å². The third-order valence-corrected chi connectivity index (χ3v) is 5.67. The average Bonchev–Trinajstić information content (AvgIpc) is 3.33. The molecule has 3 heterocycles. The van der Waals surface area contributed by atoms with Crippen molar-refractivity contribution in [3.05, 3.63) is 77.6 Å². The van der Waals surface area contributed by atoms with Crippen LogP contribution in [0.25, 0.3) is 0 Å². The Balaban J connectivity index is 1.43. The van der Waals surface area contributed by atoms with Crippen LogP contribution in [0.15, 0.2) is 60.8 Å². The zero-order valence-corrected chi connectivity index (χ0v) is 15.2. The van der Waals surface area contributed by atoms with Crippen molar-refractivity contribution in [1.29, 1.82) is 0 Å². The first-order valence-electron chi connectivity index (χ1n) is 9.31. The molecule has 0 bridgehead atoms. The Morgan fingerprint density at radius 3 is 2.82 bits per heavy atom. The number of rotatable bonds is 3. The van der Waals surface area contributed by atoms with Crippen LogP contribution in [0.3, 0.4) is 0 Å². The van der Waals surface area contributed by atoms with Gasteiger partial charge < -0.3 is 15.2 Å². The van der Waals surface area contributed by atoms with Crippen molar-refractivity contribution >= 4 is 11.6 Å². The van der Waals surface area contributed by atoms with Crippen molar-refractivity contribution in [1.82, 2.24) is 15.0 Å². The van der Waals surface area contributed by atoms with Crippen molar-refractivity contribution in [2.24, 2.45) is 0 Å². The highest BCUT2D eigenvalue weighted by atomic mass is 16.5. The Kier molecular flexibility index (Phi) is 3.99. The van der Waals surface area contributed by atoms with Crippen LogP contribution in [0.2, 0.25) is 0 Å². The molecule has 2 aliphatic heterocycles. The maximum Gasteiger partial charge on any atom is 0.237 e. The molecule has 3 aromatic rings. The molecular weight excluding hydrogens is 356 g/mol. The number of benzene rings is 2. The lowest BCUT2D eigenvalue weighted by atomic mass is 9.76. The molecule has 1 fully saturated rings. The highest BCUT2D eigenvalue weighted by Crippen LogP contribution is 2.45. The van der Waals surface area contributed by atoms with Crippen LogP contribution in [0, 0.1) is 0 Å². The Hall–Kier alpha value is -3.03. The molecule has 3 atom stereocenters. The number of amides is 1. The number of fused-ring (bicyclic) bond motifs is 2. The van der Waals surface area contributed by atoms with E-state index in [1.807, 2.05) is 54.6 Å². The van der Waals surface area contributed by atoms with E-state index in [9.17, 15) is 9.90 Å². The molecule has 1 amide bonds. The number of nitrogens with zero attached hydrogens (tertiary/aromatic N) is 3. The highest BCUT2D eigenvalue weighted by molar-refractivity contribution is 6.06. The molecule has 7 heteroatoms. The summed E-state index contributed by atoms with van der Waals surface area (Å²) in [6.45, 7) is 0.794. The van der Waals surface area contributed by atoms with Gasteiger partial charge in [-0.3, -0.25) is 4.79 Å². The van der Waals surface area contributed by atoms with Crippen LogP contribution in [0.5, 0.6) is 0 Å². The Morgan fingerprint density at radius 2 is 1.96 bits per heavy atom. The molecule has 0 saturated carbocycles. The average molecular weight is 376 g/mol. The van der Waals surface area contributed by atoms with E-state index in [4.69, 9.17) is 4.74 Å². The molecule has 2 aromatic carbocycles. The number of aliphatic hydroxyl groups excluding tert-OH is 1. The highest BCUT2D eigenvalue weighted by Gasteiger charge is 2.50. The lowest BCUT2D eigenvalue weighted by Gasteiger charge is -2.36. The molecule has 1 saturated heterocycles. The number of para-hydroxylation sites is 1. The zero-order chi connectivity index (χ0) is 19.1.